The highest BCUT2D eigenvalue weighted by molar-refractivity contribution is 7.89. The van der Waals surface area contributed by atoms with Gasteiger partial charge in [-0.25, -0.2) is 13.1 Å². The predicted molar refractivity (Wildman–Crippen MR) is 82.5 cm³/mol. The van der Waals surface area contributed by atoms with Gasteiger partial charge in [-0.2, -0.15) is 0 Å². The molecule has 2 N–H and O–H groups in total. The third-order valence-electron chi connectivity index (χ3n) is 3.34. The maximum Gasteiger partial charge on any atom is 0.307 e. The quantitative estimate of drug-likeness (QED) is 0.852. The number of hydrogen-bond acceptors (Lipinski definition) is 3. The molecule has 2 atom stereocenters. The lowest BCUT2D eigenvalue weighted by Gasteiger charge is -2.20. The van der Waals surface area contributed by atoms with E-state index in [0.717, 1.165) is 0 Å². The second-order valence-corrected chi connectivity index (χ2v) is 7.42. The molecule has 0 aliphatic carbocycles. The highest BCUT2D eigenvalue weighted by atomic mass is 35.5. The Balaban J connectivity index is 3.30. The Kier molecular flexibility index (Phi) is 5.66. The van der Waals surface area contributed by atoms with E-state index >= 15 is 0 Å². The topological polar surface area (TPSA) is 83.5 Å². The number of carboxylic acids is 1. The summed E-state index contributed by atoms with van der Waals surface area (Å²) in [6.07, 6.45) is 0. The number of hydrogen-bond donors (Lipinski definition) is 2. The van der Waals surface area contributed by atoms with E-state index in [4.69, 9.17) is 28.3 Å². The van der Waals surface area contributed by atoms with Crippen molar-refractivity contribution in [3.63, 3.8) is 0 Å². The average Bonchev–Trinajstić information content (AvgIpc) is 2.34. The summed E-state index contributed by atoms with van der Waals surface area (Å²) in [6, 6.07) is 0.795. The van der Waals surface area contributed by atoms with Crippen molar-refractivity contribution in [1.82, 2.24) is 4.72 Å². The molecule has 0 fully saturated rings. The molecule has 21 heavy (non-hydrogen) atoms. The number of benzene rings is 1. The Labute approximate surface area is 134 Å². The number of aryl methyl sites for hydroxylation is 1. The van der Waals surface area contributed by atoms with Gasteiger partial charge in [0, 0.05) is 11.1 Å². The van der Waals surface area contributed by atoms with Crippen molar-refractivity contribution in [1.29, 1.82) is 0 Å². The molecular weight excluding hydrogens is 337 g/mol. The Bertz CT molecular complexity index is 647. The van der Waals surface area contributed by atoms with Crippen molar-refractivity contribution in [3.05, 3.63) is 27.2 Å². The average molecular weight is 354 g/mol. The summed E-state index contributed by atoms with van der Waals surface area (Å²) in [6.45, 7) is 6.10. The number of halogens is 2. The van der Waals surface area contributed by atoms with Crippen LogP contribution in [0.2, 0.25) is 10.0 Å². The van der Waals surface area contributed by atoms with Crippen LogP contribution >= 0.6 is 23.2 Å². The third-order valence-corrected chi connectivity index (χ3v) is 6.06. The Hall–Kier alpha value is -0.820. The minimum absolute atomic E-state index is 0.0829. The van der Waals surface area contributed by atoms with Crippen molar-refractivity contribution >= 4 is 39.2 Å². The van der Waals surface area contributed by atoms with Crippen LogP contribution in [0.15, 0.2) is 11.0 Å². The number of nitrogens with one attached hydrogen (secondary N) is 1. The predicted octanol–water partition coefficient (Wildman–Crippen LogP) is 3.00. The molecule has 5 nitrogen and oxygen atoms in total. The highest BCUT2D eigenvalue weighted by Gasteiger charge is 2.29. The monoisotopic (exact) mass is 353 g/mol. The maximum atomic E-state index is 12.5. The summed E-state index contributed by atoms with van der Waals surface area (Å²) >= 11 is 12.1. The first-order valence-electron chi connectivity index (χ1n) is 6.19. The zero-order chi connectivity index (χ0) is 16.5. The van der Waals surface area contributed by atoms with Gasteiger partial charge in [-0.15, -0.1) is 0 Å². The fourth-order valence-electron chi connectivity index (χ4n) is 1.75. The minimum Gasteiger partial charge on any atom is -0.481 e. The van der Waals surface area contributed by atoms with E-state index in [2.05, 4.69) is 4.72 Å². The first-order valence-corrected chi connectivity index (χ1v) is 8.43. The summed E-state index contributed by atoms with van der Waals surface area (Å²) in [5.41, 5.74) is 0.863. The number of carboxylic acid groups (broad SMARTS) is 1. The fraction of sp³-hybridized carbons (Fsp3) is 0.462. The Morgan fingerprint density at radius 2 is 1.81 bits per heavy atom. The molecule has 0 bridgehead atoms. The molecule has 0 aliphatic rings. The van der Waals surface area contributed by atoms with Crippen LogP contribution in [0.25, 0.3) is 0 Å². The normalized spacial score (nSPS) is 14.8. The zero-order valence-corrected chi connectivity index (χ0v) is 14.4. The number of carbonyl (C=O) groups is 1. The molecule has 0 saturated heterocycles. The van der Waals surface area contributed by atoms with Crippen molar-refractivity contribution < 1.29 is 18.3 Å². The summed E-state index contributed by atoms with van der Waals surface area (Å²) in [5.74, 6) is -1.96. The van der Waals surface area contributed by atoms with Crippen LogP contribution in [0.4, 0.5) is 0 Å². The van der Waals surface area contributed by atoms with Crippen LogP contribution in [-0.4, -0.2) is 25.5 Å². The molecule has 1 aromatic rings. The van der Waals surface area contributed by atoms with Crippen molar-refractivity contribution in [3.8, 4) is 0 Å². The van der Waals surface area contributed by atoms with E-state index in [1.807, 2.05) is 0 Å². The van der Waals surface area contributed by atoms with Gasteiger partial charge in [-0.3, -0.25) is 4.79 Å². The fourth-order valence-corrected chi connectivity index (χ4v) is 4.29. The van der Waals surface area contributed by atoms with Crippen molar-refractivity contribution in [2.45, 2.75) is 38.6 Å². The van der Waals surface area contributed by atoms with E-state index in [-0.39, 0.29) is 14.9 Å². The van der Waals surface area contributed by atoms with Crippen molar-refractivity contribution in [2.24, 2.45) is 5.92 Å². The Morgan fingerprint density at radius 1 is 1.29 bits per heavy atom. The molecule has 2 unspecified atom stereocenters. The van der Waals surface area contributed by atoms with E-state index < -0.39 is 28.0 Å². The van der Waals surface area contributed by atoms with Crippen LogP contribution in [-0.2, 0) is 14.8 Å². The van der Waals surface area contributed by atoms with Gasteiger partial charge < -0.3 is 5.11 Å². The molecule has 0 amide bonds. The van der Waals surface area contributed by atoms with Crippen LogP contribution < -0.4 is 4.72 Å². The molecular formula is C13H17Cl2NO4S. The molecule has 8 heteroatoms. The summed E-state index contributed by atoms with van der Waals surface area (Å²) in [4.78, 5) is 10.8. The molecule has 0 aliphatic heterocycles. The van der Waals surface area contributed by atoms with Gasteiger partial charge in [0.1, 0.15) is 4.90 Å². The second kappa shape index (κ2) is 6.52. The summed E-state index contributed by atoms with van der Waals surface area (Å²) in [5, 5.41) is 9.31. The lowest BCUT2D eigenvalue weighted by Crippen LogP contribution is -2.40. The number of rotatable bonds is 5. The van der Waals surface area contributed by atoms with Gasteiger partial charge in [-0.1, -0.05) is 30.1 Å². The molecule has 0 spiro atoms. The largest absolute Gasteiger partial charge is 0.481 e. The molecule has 1 aromatic carbocycles. The minimum atomic E-state index is -3.97. The van der Waals surface area contributed by atoms with Gasteiger partial charge >= 0.3 is 5.97 Å². The number of aliphatic carboxylic acids is 1. The van der Waals surface area contributed by atoms with E-state index in [9.17, 15) is 13.2 Å². The first kappa shape index (κ1) is 18.2. The van der Waals surface area contributed by atoms with Gasteiger partial charge in [0.2, 0.25) is 10.0 Å². The molecule has 0 radical (unpaired) electrons. The zero-order valence-electron chi connectivity index (χ0n) is 12.1. The summed E-state index contributed by atoms with van der Waals surface area (Å²) in [7, 11) is -3.97. The molecule has 0 saturated carbocycles. The van der Waals surface area contributed by atoms with E-state index in [1.54, 1.807) is 19.9 Å². The van der Waals surface area contributed by atoms with Gasteiger partial charge in [0.25, 0.3) is 0 Å². The smallest absolute Gasteiger partial charge is 0.307 e. The standard InChI is InChI=1S/C13H17Cl2NO4S/c1-6-5-10(14)8(3)12(11(6)15)21(19,20)16-9(4)7(2)13(17)18/h5,7,9,16H,1-4H3,(H,17,18). The SMILES string of the molecule is Cc1cc(Cl)c(C)c(S(=O)(=O)NC(C)C(C)C(=O)O)c1Cl. The highest BCUT2D eigenvalue weighted by Crippen LogP contribution is 2.33. The third kappa shape index (κ3) is 3.88. The van der Waals surface area contributed by atoms with Crippen LogP contribution in [0.5, 0.6) is 0 Å². The molecule has 0 heterocycles. The molecule has 0 aromatic heterocycles. The van der Waals surface area contributed by atoms with E-state index in [1.165, 1.54) is 13.8 Å². The van der Waals surface area contributed by atoms with E-state index in [0.29, 0.717) is 11.1 Å². The first-order chi connectivity index (χ1) is 9.49. The maximum absolute atomic E-state index is 12.5. The van der Waals surface area contributed by atoms with Crippen LogP contribution in [0.3, 0.4) is 0 Å². The summed E-state index contributed by atoms with van der Waals surface area (Å²) < 4.78 is 27.3. The lowest BCUT2D eigenvalue weighted by atomic mass is 10.1. The molecule has 118 valence electrons. The van der Waals surface area contributed by atoms with Crippen LogP contribution in [0, 0.1) is 19.8 Å². The van der Waals surface area contributed by atoms with Crippen LogP contribution in [0.1, 0.15) is 25.0 Å². The second-order valence-electron chi connectivity index (χ2n) is 4.98. The van der Waals surface area contributed by atoms with Gasteiger partial charge in [0.05, 0.1) is 10.9 Å². The van der Waals surface area contributed by atoms with Gasteiger partial charge in [0.15, 0.2) is 0 Å². The number of sulfonamides is 1. The Morgan fingerprint density at radius 3 is 2.29 bits per heavy atom. The molecule has 1 rings (SSSR count). The lowest BCUT2D eigenvalue weighted by molar-refractivity contribution is -0.141. The van der Waals surface area contributed by atoms with Gasteiger partial charge in [-0.05, 0) is 38.0 Å². The van der Waals surface area contributed by atoms with Crippen molar-refractivity contribution in [2.75, 3.05) is 0 Å².